The van der Waals surface area contributed by atoms with Gasteiger partial charge in [-0.25, -0.2) is 9.79 Å². The van der Waals surface area contributed by atoms with Crippen LogP contribution >= 0.6 is 11.3 Å². The van der Waals surface area contributed by atoms with Crippen molar-refractivity contribution in [3.63, 3.8) is 0 Å². The third kappa shape index (κ3) is 4.49. The van der Waals surface area contributed by atoms with E-state index in [-0.39, 0.29) is 12.2 Å². The number of ether oxygens (including phenoxy) is 2. The molecule has 0 N–H and O–H groups in total. The summed E-state index contributed by atoms with van der Waals surface area (Å²) in [6.45, 7) is 7.01. The van der Waals surface area contributed by atoms with Crippen LogP contribution < -0.4 is 19.6 Å². The van der Waals surface area contributed by atoms with Crippen molar-refractivity contribution in [3.8, 4) is 5.75 Å². The minimum absolute atomic E-state index is 0.216. The van der Waals surface area contributed by atoms with Gasteiger partial charge in [-0.3, -0.25) is 14.2 Å². The van der Waals surface area contributed by atoms with E-state index in [1.807, 2.05) is 31.2 Å². The van der Waals surface area contributed by atoms with Gasteiger partial charge in [0.15, 0.2) is 4.80 Å². The molecule has 0 aliphatic carbocycles. The Labute approximate surface area is 200 Å². The van der Waals surface area contributed by atoms with Gasteiger partial charge < -0.3 is 9.47 Å². The molecule has 174 valence electrons. The standard InChI is InChI=1S/C26H24N2O5S/c1-5-32-25(31)22-16(3)27-26-28(23(22)18-12-10-15(2)11-13-18)24(30)21(34-26)14-19-8-6-7-9-20(19)33-17(4)29/h6-14,23H,5H2,1-4H3/t23-/m0/s1. The SMILES string of the molecule is CCOC(=O)C1=C(C)N=c2sc(=Cc3ccccc3OC(C)=O)c(=O)n2[C@H]1c1ccc(C)cc1. The average Bonchev–Trinajstić information content (AvgIpc) is 3.09. The molecule has 0 saturated carbocycles. The first-order valence-corrected chi connectivity index (χ1v) is 11.7. The largest absolute Gasteiger partial charge is 0.463 e. The number of para-hydroxylation sites is 1. The zero-order valence-corrected chi connectivity index (χ0v) is 20.1. The van der Waals surface area contributed by atoms with Crippen LogP contribution in [-0.2, 0) is 14.3 Å². The molecule has 7 nitrogen and oxygen atoms in total. The zero-order valence-electron chi connectivity index (χ0n) is 19.3. The molecular weight excluding hydrogens is 452 g/mol. The number of hydrogen-bond donors (Lipinski definition) is 0. The number of allylic oxidation sites excluding steroid dienone is 1. The maximum absolute atomic E-state index is 13.6. The van der Waals surface area contributed by atoms with E-state index in [1.54, 1.807) is 44.2 Å². The molecule has 1 atom stereocenters. The number of thiazole rings is 1. The second kappa shape index (κ2) is 9.61. The molecule has 8 heteroatoms. The second-order valence-corrected chi connectivity index (χ2v) is 8.85. The van der Waals surface area contributed by atoms with E-state index in [4.69, 9.17) is 9.47 Å². The Kier molecular flexibility index (Phi) is 6.61. The summed E-state index contributed by atoms with van der Waals surface area (Å²) >= 11 is 1.22. The number of nitrogens with zero attached hydrogens (tertiary/aromatic N) is 2. The predicted molar refractivity (Wildman–Crippen MR) is 129 cm³/mol. The first-order valence-electron chi connectivity index (χ1n) is 10.8. The van der Waals surface area contributed by atoms with Gasteiger partial charge >= 0.3 is 11.9 Å². The zero-order chi connectivity index (χ0) is 24.4. The Morgan fingerprint density at radius 1 is 1.12 bits per heavy atom. The maximum atomic E-state index is 13.6. The van der Waals surface area contributed by atoms with Crippen molar-refractivity contribution >= 4 is 29.4 Å². The highest BCUT2D eigenvalue weighted by Gasteiger charge is 2.33. The molecule has 1 aromatic heterocycles. The summed E-state index contributed by atoms with van der Waals surface area (Å²) in [7, 11) is 0. The number of aromatic nitrogens is 1. The van der Waals surface area contributed by atoms with Crippen LogP contribution in [0.5, 0.6) is 5.75 Å². The van der Waals surface area contributed by atoms with Crippen LogP contribution in [0.3, 0.4) is 0 Å². The number of aryl methyl sites for hydroxylation is 1. The predicted octanol–water partition coefficient (Wildman–Crippen LogP) is 3.03. The normalized spacial score (nSPS) is 15.5. The average molecular weight is 477 g/mol. The Morgan fingerprint density at radius 3 is 2.50 bits per heavy atom. The lowest BCUT2D eigenvalue weighted by molar-refractivity contribution is -0.139. The van der Waals surface area contributed by atoms with Crippen LogP contribution in [0.15, 0.2) is 69.6 Å². The first kappa shape index (κ1) is 23.4. The molecule has 0 unspecified atom stereocenters. The lowest BCUT2D eigenvalue weighted by Gasteiger charge is -2.24. The molecule has 3 aromatic rings. The van der Waals surface area contributed by atoms with Crippen molar-refractivity contribution in [2.45, 2.75) is 33.7 Å². The van der Waals surface area contributed by atoms with Crippen molar-refractivity contribution in [3.05, 3.63) is 96.2 Å². The molecule has 0 radical (unpaired) electrons. The third-order valence-electron chi connectivity index (χ3n) is 5.37. The van der Waals surface area contributed by atoms with Crippen molar-refractivity contribution in [1.29, 1.82) is 0 Å². The molecule has 34 heavy (non-hydrogen) atoms. The van der Waals surface area contributed by atoms with Gasteiger partial charge in [0.25, 0.3) is 5.56 Å². The summed E-state index contributed by atoms with van der Waals surface area (Å²) < 4.78 is 12.5. The van der Waals surface area contributed by atoms with E-state index in [0.29, 0.717) is 31.9 Å². The number of esters is 2. The summed E-state index contributed by atoms with van der Waals surface area (Å²) in [5.74, 6) is -0.584. The van der Waals surface area contributed by atoms with Gasteiger partial charge in [0.2, 0.25) is 0 Å². The van der Waals surface area contributed by atoms with Gasteiger partial charge in [-0.05, 0) is 38.5 Å². The molecule has 1 aliphatic rings. The molecule has 4 rings (SSSR count). The summed E-state index contributed by atoms with van der Waals surface area (Å²) in [6.07, 6.45) is 1.68. The van der Waals surface area contributed by atoms with Crippen LogP contribution in [0.25, 0.3) is 6.08 Å². The summed E-state index contributed by atoms with van der Waals surface area (Å²) in [5.41, 5.74) is 3.01. The highest BCUT2D eigenvalue weighted by atomic mass is 32.1. The van der Waals surface area contributed by atoms with Gasteiger partial charge in [0, 0.05) is 12.5 Å². The van der Waals surface area contributed by atoms with Crippen LogP contribution in [-0.4, -0.2) is 23.1 Å². The molecule has 2 aromatic carbocycles. The van der Waals surface area contributed by atoms with Gasteiger partial charge in [-0.15, -0.1) is 0 Å². The number of carbonyl (C=O) groups excluding carboxylic acids is 2. The monoisotopic (exact) mass is 476 g/mol. The van der Waals surface area contributed by atoms with Crippen molar-refractivity contribution in [2.24, 2.45) is 4.99 Å². The van der Waals surface area contributed by atoms with Gasteiger partial charge in [0.1, 0.15) is 5.75 Å². The van der Waals surface area contributed by atoms with E-state index in [2.05, 4.69) is 4.99 Å². The Hall–Kier alpha value is -3.78. The maximum Gasteiger partial charge on any atom is 0.338 e. The fourth-order valence-corrected chi connectivity index (χ4v) is 4.88. The van der Waals surface area contributed by atoms with Crippen LogP contribution in [0.4, 0.5) is 0 Å². The highest BCUT2D eigenvalue weighted by Crippen LogP contribution is 2.30. The smallest absolute Gasteiger partial charge is 0.338 e. The molecule has 0 amide bonds. The van der Waals surface area contributed by atoms with Gasteiger partial charge in [-0.1, -0.05) is 59.4 Å². The van der Waals surface area contributed by atoms with Crippen LogP contribution in [0.2, 0.25) is 0 Å². The quantitative estimate of drug-likeness (QED) is 0.417. The topological polar surface area (TPSA) is 87.0 Å². The summed E-state index contributed by atoms with van der Waals surface area (Å²) in [6, 6.07) is 14.0. The summed E-state index contributed by atoms with van der Waals surface area (Å²) in [5, 5.41) is 0. The number of benzene rings is 2. The molecule has 0 saturated heterocycles. The van der Waals surface area contributed by atoms with Crippen molar-refractivity contribution < 1.29 is 19.1 Å². The second-order valence-electron chi connectivity index (χ2n) is 7.84. The molecular formula is C26H24N2O5S. The minimum Gasteiger partial charge on any atom is -0.463 e. The van der Waals surface area contributed by atoms with Crippen LogP contribution in [0.1, 0.15) is 43.5 Å². The number of hydrogen-bond acceptors (Lipinski definition) is 7. The number of carbonyl (C=O) groups is 2. The third-order valence-corrected chi connectivity index (χ3v) is 6.35. The van der Waals surface area contributed by atoms with E-state index in [0.717, 1.165) is 11.1 Å². The highest BCUT2D eigenvalue weighted by molar-refractivity contribution is 7.07. The van der Waals surface area contributed by atoms with Crippen LogP contribution in [0, 0.1) is 6.92 Å². The van der Waals surface area contributed by atoms with Crippen molar-refractivity contribution in [1.82, 2.24) is 4.57 Å². The van der Waals surface area contributed by atoms with Gasteiger partial charge in [-0.2, -0.15) is 0 Å². The Morgan fingerprint density at radius 2 is 1.82 bits per heavy atom. The van der Waals surface area contributed by atoms with Gasteiger partial charge in [0.05, 0.1) is 28.5 Å². The molecule has 2 heterocycles. The fraction of sp³-hybridized carbons (Fsp3) is 0.231. The lowest BCUT2D eigenvalue weighted by Crippen LogP contribution is -2.39. The number of fused-ring (bicyclic) bond motifs is 1. The van der Waals surface area contributed by atoms with E-state index >= 15 is 0 Å². The molecule has 0 bridgehead atoms. The van der Waals surface area contributed by atoms with E-state index in [1.165, 1.54) is 22.8 Å². The fourth-order valence-electron chi connectivity index (χ4n) is 3.84. The summed E-state index contributed by atoms with van der Waals surface area (Å²) in [4.78, 5) is 43.1. The molecule has 0 fully saturated rings. The van der Waals surface area contributed by atoms with E-state index in [9.17, 15) is 14.4 Å². The number of rotatable bonds is 5. The first-order chi connectivity index (χ1) is 16.3. The molecule has 1 aliphatic heterocycles. The Balaban J connectivity index is 1.94. The van der Waals surface area contributed by atoms with E-state index < -0.39 is 18.0 Å². The lowest BCUT2D eigenvalue weighted by atomic mass is 9.95. The Bertz CT molecular complexity index is 1480. The van der Waals surface area contributed by atoms with Crippen molar-refractivity contribution in [2.75, 3.05) is 6.61 Å². The molecule has 0 spiro atoms. The minimum atomic E-state index is -0.665.